The molecular formula is C6H13NO4. The molecule has 0 amide bonds. The van der Waals surface area contributed by atoms with Crippen LogP contribution in [0.3, 0.4) is 0 Å². The smallest absolute Gasteiger partial charge is 0.323 e. The van der Waals surface area contributed by atoms with E-state index in [2.05, 4.69) is 4.74 Å². The van der Waals surface area contributed by atoms with Crippen molar-refractivity contribution in [3.8, 4) is 0 Å². The summed E-state index contributed by atoms with van der Waals surface area (Å²) in [6.45, 7) is 0.679. The molecule has 0 rings (SSSR count). The minimum atomic E-state index is -0.853. The second kappa shape index (κ2) is 5.06. The Morgan fingerprint density at radius 2 is 2.00 bits per heavy atom. The summed E-state index contributed by atoms with van der Waals surface area (Å²) < 4.78 is 4.55. The highest BCUT2D eigenvalue weighted by atomic mass is 16.6. The van der Waals surface area contributed by atoms with Crippen LogP contribution in [0.25, 0.3) is 0 Å². The van der Waals surface area contributed by atoms with Crippen LogP contribution in [0.1, 0.15) is 6.92 Å². The lowest BCUT2D eigenvalue weighted by atomic mass is 10.3. The van der Waals surface area contributed by atoms with Gasteiger partial charge in [-0.25, -0.2) is 0 Å². The maximum Gasteiger partial charge on any atom is 0.323 e. The first-order valence-electron chi connectivity index (χ1n) is 3.29. The van der Waals surface area contributed by atoms with Crippen molar-refractivity contribution in [3.05, 3.63) is 0 Å². The van der Waals surface area contributed by atoms with Crippen LogP contribution in [0.4, 0.5) is 0 Å². The van der Waals surface area contributed by atoms with Crippen LogP contribution >= 0.6 is 0 Å². The zero-order valence-corrected chi connectivity index (χ0v) is 6.36. The Labute approximate surface area is 64.8 Å². The van der Waals surface area contributed by atoms with Crippen LogP contribution in [0, 0.1) is 0 Å². The van der Waals surface area contributed by atoms with Crippen molar-refractivity contribution in [2.75, 3.05) is 13.2 Å². The molecule has 0 saturated carbocycles. The number of ether oxygens (including phenoxy) is 1. The van der Waals surface area contributed by atoms with Gasteiger partial charge in [-0.15, -0.1) is 0 Å². The van der Waals surface area contributed by atoms with Gasteiger partial charge in [0.05, 0.1) is 13.2 Å². The average molecular weight is 163 g/mol. The zero-order valence-electron chi connectivity index (χ0n) is 6.36. The van der Waals surface area contributed by atoms with E-state index in [0.29, 0.717) is 0 Å². The van der Waals surface area contributed by atoms with Crippen LogP contribution in [0.2, 0.25) is 0 Å². The third-order valence-electron chi connectivity index (χ3n) is 1.06. The zero-order chi connectivity index (χ0) is 8.85. The first-order valence-corrected chi connectivity index (χ1v) is 3.29. The van der Waals surface area contributed by atoms with Crippen molar-refractivity contribution in [2.45, 2.75) is 19.1 Å². The van der Waals surface area contributed by atoms with E-state index in [-0.39, 0.29) is 0 Å². The Morgan fingerprint density at radius 1 is 1.55 bits per heavy atom. The molecule has 0 spiro atoms. The van der Waals surface area contributed by atoms with E-state index in [1.54, 1.807) is 0 Å². The molecule has 0 aliphatic carbocycles. The number of hydrogen-bond acceptors (Lipinski definition) is 5. The van der Waals surface area contributed by atoms with E-state index >= 15 is 0 Å². The first-order chi connectivity index (χ1) is 5.11. The highest BCUT2D eigenvalue weighted by Gasteiger charge is 2.14. The van der Waals surface area contributed by atoms with Gasteiger partial charge < -0.3 is 20.7 Å². The van der Waals surface area contributed by atoms with Crippen LogP contribution in [0.5, 0.6) is 0 Å². The maximum atomic E-state index is 10.7. The summed E-state index contributed by atoms with van der Waals surface area (Å²) >= 11 is 0. The topological polar surface area (TPSA) is 92.8 Å². The van der Waals surface area contributed by atoms with Crippen molar-refractivity contribution in [1.82, 2.24) is 0 Å². The lowest BCUT2D eigenvalue weighted by Crippen LogP contribution is -2.35. The Bertz CT molecular complexity index is 122. The van der Waals surface area contributed by atoms with Crippen LogP contribution < -0.4 is 5.73 Å². The molecular weight excluding hydrogens is 150 g/mol. The van der Waals surface area contributed by atoms with Crippen molar-refractivity contribution >= 4 is 5.97 Å². The molecule has 0 aliphatic rings. The van der Waals surface area contributed by atoms with Gasteiger partial charge in [0.25, 0.3) is 0 Å². The van der Waals surface area contributed by atoms with Gasteiger partial charge in [-0.3, -0.25) is 4.79 Å². The molecule has 5 nitrogen and oxygen atoms in total. The van der Waals surface area contributed by atoms with Crippen molar-refractivity contribution in [1.29, 1.82) is 0 Å². The van der Waals surface area contributed by atoms with Crippen LogP contribution in [-0.4, -0.2) is 41.5 Å². The van der Waals surface area contributed by atoms with Gasteiger partial charge in [0.2, 0.25) is 0 Å². The van der Waals surface area contributed by atoms with Gasteiger partial charge in [-0.05, 0) is 6.92 Å². The van der Waals surface area contributed by atoms with E-state index in [1.807, 2.05) is 0 Å². The Hall–Kier alpha value is -0.650. The molecule has 0 aromatic rings. The van der Waals surface area contributed by atoms with Gasteiger partial charge in [0.1, 0.15) is 12.1 Å². The number of aliphatic hydroxyl groups excluding tert-OH is 2. The molecule has 0 saturated heterocycles. The third-order valence-corrected chi connectivity index (χ3v) is 1.06. The molecule has 0 aromatic heterocycles. The monoisotopic (exact) mass is 163 g/mol. The van der Waals surface area contributed by atoms with Gasteiger partial charge >= 0.3 is 5.97 Å². The summed E-state index contributed by atoms with van der Waals surface area (Å²) in [5, 5.41) is 17.0. The molecule has 0 heterocycles. The predicted octanol–water partition coefficient (Wildman–Crippen LogP) is -1.77. The number of aliphatic hydroxyl groups is 2. The molecule has 0 unspecified atom stereocenters. The minimum Gasteiger partial charge on any atom is -0.456 e. The average Bonchev–Trinajstić information content (AvgIpc) is 1.99. The number of hydrogen-bond donors (Lipinski definition) is 3. The normalized spacial score (nSPS) is 13.2. The molecule has 0 aliphatic heterocycles. The highest BCUT2D eigenvalue weighted by molar-refractivity contribution is 5.75. The maximum absolute atomic E-state index is 10.7. The lowest BCUT2D eigenvalue weighted by Gasteiger charge is -2.13. The summed E-state index contributed by atoms with van der Waals surface area (Å²) in [4.78, 5) is 10.7. The Balaban J connectivity index is 3.72. The van der Waals surface area contributed by atoms with E-state index in [9.17, 15) is 4.79 Å². The standard InChI is InChI=1S/C6H13NO4/c1-4(7)6(10)11-5(2-8)3-9/h4-5,8-9H,2-3,7H2,1H3/t4-/m0/s1. The highest BCUT2D eigenvalue weighted by Crippen LogP contribution is 1.92. The van der Waals surface area contributed by atoms with Gasteiger partial charge in [-0.1, -0.05) is 0 Å². The molecule has 0 radical (unpaired) electrons. The fourth-order valence-corrected chi connectivity index (χ4v) is 0.404. The number of esters is 1. The van der Waals surface area contributed by atoms with Crippen molar-refractivity contribution in [3.63, 3.8) is 0 Å². The second-order valence-corrected chi connectivity index (χ2v) is 2.21. The second-order valence-electron chi connectivity index (χ2n) is 2.21. The minimum absolute atomic E-state index is 0.394. The largest absolute Gasteiger partial charge is 0.456 e. The summed E-state index contributed by atoms with van der Waals surface area (Å²) in [5.41, 5.74) is 5.16. The van der Waals surface area contributed by atoms with Gasteiger partial charge in [0.15, 0.2) is 0 Å². The van der Waals surface area contributed by atoms with Crippen molar-refractivity contribution in [2.24, 2.45) is 5.73 Å². The summed E-state index contributed by atoms with van der Waals surface area (Å²) in [7, 11) is 0. The number of carbonyl (C=O) groups excluding carboxylic acids is 1. The number of nitrogens with two attached hydrogens (primary N) is 1. The lowest BCUT2D eigenvalue weighted by molar-refractivity contribution is -0.154. The molecule has 1 atom stereocenters. The van der Waals surface area contributed by atoms with E-state index in [0.717, 1.165) is 0 Å². The van der Waals surface area contributed by atoms with E-state index in [4.69, 9.17) is 15.9 Å². The predicted molar refractivity (Wildman–Crippen MR) is 37.7 cm³/mol. The van der Waals surface area contributed by atoms with E-state index in [1.165, 1.54) is 6.92 Å². The quantitative estimate of drug-likeness (QED) is 0.426. The molecule has 11 heavy (non-hydrogen) atoms. The SMILES string of the molecule is C[C@H](N)C(=O)OC(CO)CO. The molecule has 0 aromatic carbocycles. The molecule has 0 fully saturated rings. The van der Waals surface area contributed by atoms with Crippen LogP contribution in [-0.2, 0) is 9.53 Å². The number of rotatable bonds is 4. The molecule has 5 heteroatoms. The number of carbonyl (C=O) groups is 1. The molecule has 0 bridgehead atoms. The fourth-order valence-electron chi connectivity index (χ4n) is 0.404. The molecule has 4 N–H and O–H groups in total. The molecule has 66 valence electrons. The summed E-state index contributed by atoms with van der Waals surface area (Å²) in [6.07, 6.45) is -0.853. The van der Waals surface area contributed by atoms with Gasteiger partial charge in [0, 0.05) is 0 Å². The summed E-state index contributed by atoms with van der Waals surface area (Å²) in [5.74, 6) is -0.627. The van der Waals surface area contributed by atoms with E-state index < -0.39 is 31.3 Å². The first kappa shape index (κ1) is 10.3. The third kappa shape index (κ3) is 3.92. The Kier molecular flexibility index (Phi) is 4.76. The Morgan fingerprint density at radius 3 is 2.27 bits per heavy atom. The van der Waals surface area contributed by atoms with Crippen LogP contribution in [0.15, 0.2) is 0 Å². The summed E-state index contributed by atoms with van der Waals surface area (Å²) in [6, 6.07) is -0.726. The fraction of sp³-hybridized carbons (Fsp3) is 0.833. The van der Waals surface area contributed by atoms with Gasteiger partial charge in [-0.2, -0.15) is 0 Å². The van der Waals surface area contributed by atoms with Crippen molar-refractivity contribution < 1.29 is 19.7 Å².